The Labute approximate surface area is 215 Å². The number of nitrogens with zero attached hydrogens (tertiary/aromatic N) is 7. The fraction of sp³-hybridized carbons (Fsp3) is 0.500. The molecule has 17 heteroatoms. The minimum Gasteiger partial charge on any atom is -0.444 e. The van der Waals surface area contributed by atoms with Crippen molar-refractivity contribution in [3.8, 4) is 0 Å². The van der Waals surface area contributed by atoms with E-state index in [1.807, 2.05) is 20.8 Å². The molecule has 1 amide bonds. The Kier molecular flexibility index (Phi) is 10.3. The van der Waals surface area contributed by atoms with Crippen LogP contribution in [0.1, 0.15) is 33.6 Å². The number of ether oxygens (including phenoxy) is 1. The van der Waals surface area contributed by atoms with Gasteiger partial charge in [-0.3, -0.25) is 20.8 Å². The van der Waals surface area contributed by atoms with E-state index in [1.165, 1.54) is 6.20 Å². The normalized spacial score (nSPS) is 15.3. The lowest BCUT2D eigenvalue weighted by molar-refractivity contribution is 0.0230. The highest BCUT2D eigenvalue weighted by atomic mass is 35.5. The third-order valence-electron chi connectivity index (χ3n) is 4.38. The molecule has 1 saturated heterocycles. The first-order valence-electron chi connectivity index (χ1n) is 10.1. The highest BCUT2D eigenvalue weighted by molar-refractivity contribution is 6.33. The van der Waals surface area contributed by atoms with E-state index >= 15 is 0 Å². The number of halogens is 3. The van der Waals surface area contributed by atoms with Gasteiger partial charge < -0.3 is 15.0 Å². The van der Waals surface area contributed by atoms with Crippen LogP contribution in [0, 0.1) is 0 Å². The first kappa shape index (κ1) is 28.8. The van der Waals surface area contributed by atoms with E-state index in [4.69, 9.17) is 50.0 Å². The predicted molar refractivity (Wildman–Crippen MR) is 126 cm³/mol. The molecule has 1 aliphatic rings. The number of anilines is 3. The minimum atomic E-state index is -0.556. The zero-order valence-electron chi connectivity index (χ0n) is 18.9. The number of amides is 1. The second kappa shape index (κ2) is 12.5. The number of aromatic nitrogens is 4. The standard InChI is InChI=1S/C14H22ClN5O4.C4H3Cl2N3O2/c1-14(2,3)24-13(21)19-6-4-5-9(19)7-16-11-10(20(22)23)8-17-12(15)18-11;5-3-2(9(10)11)1-7-4(6)8-3/h8-9,22-23H,4-7H2,1-3H3,(H,16,17,18);1,10-11H/t9-;/m0./s1. The van der Waals surface area contributed by atoms with Crippen LogP contribution >= 0.6 is 34.8 Å². The molecule has 35 heavy (non-hydrogen) atoms. The van der Waals surface area contributed by atoms with Crippen molar-refractivity contribution in [3.63, 3.8) is 0 Å². The Morgan fingerprint density at radius 1 is 1.09 bits per heavy atom. The van der Waals surface area contributed by atoms with Gasteiger partial charge in [0, 0.05) is 13.1 Å². The third-order valence-corrected chi connectivity index (χ3v) is 5.02. The molecular weight excluding hydrogens is 531 g/mol. The maximum atomic E-state index is 12.3. The molecule has 0 spiro atoms. The van der Waals surface area contributed by atoms with Crippen molar-refractivity contribution < 1.29 is 30.4 Å². The second-order valence-corrected chi connectivity index (χ2v) is 9.15. The Hall–Kier alpha value is -2.46. The van der Waals surface area contributed by atoms with Crippen molar-refractivity contribution in [2.75, 3.05) is 28.9 Å². The number of carbonyl (C=O) groups is 1. The molecule has 1 aliphatic heterocycles. The zero-order chi connectivity index (χ0) is 26.3. The molecule has 0 bridgehead atoms. The summed E-state index contributed by atoms with van der Waals surface area (Å²) >= 11 is 16.5. The summed E-state index contributed by atoms with van der Waals surface area (Å²) in [6.07, 6.45) is 3.58. The van der Waals surface area contributed by atoms with E-state index in [1.54, 1.807) is 4.90 Å². The van der Waals surface area contributed by atoms with E-state index in [0.29, 0.717) is 13.1 Å². The van der Waals surface area contributed by atoms with Gasteiger partial charge in [0.2, 0.25) is 10.6 Å². The molecule has 2 aromatic rings. The summed E-state index contributed by atoms with van der Waals surface area (Å²) in [4.78, 5) is 28.5. The smallest absolute Gasteiger partial charge is 0.410 e. The van der Waals surface area contributed by atoms with Crippen molar-refractivity contribution in [3.05, 3.63) is 28.1 Å². The maximum absolute atomic E-state index is 12.3. The average molecular weight is 556 g/mol. The van der Waals surface area contributed by atoms with Gasteiger partial charge in [-0.15, -0.1) is 10.5 Å². The molecule has 3 rings (SSSR count). The van der Waals surface area contributed by atoms with Crippen LogP contribution in [0.5, 0.6) is 0 Å². The quantitative estimate of drug-likeness (QED) is 0.204. The largest absolute Gasteiger partial charge is 0.444 e. The van der Waals surface area contributed by atoms with E-state index in [2.05, 4.69) is 25.3 Å². The maximum Gasteiger partial charge on any atom is 0.410 e. The Morgan fingerprint density at radius 3 is 2.20 bits per heavy atom. The van der Waals surface area contributed by atoms with Gasteiger partial charge in [0.25, 0.3) is 0 Å². The van der Waals surface area contributed by atoms with Crippen molar-refractivity contribution in [2.24, 2.45) is 0 Å². The Balaban J connectivity index is 0.000000328. The first-order chi connectivity index (χ1) is 16.3. The van der Waals surface area contributed by atoms with Crippen molar-refractivity contribution in [1.82, 2.24) is 24.8 Å². The monoisotopic (exact) mass is 554 g/mol. The van der Waals surface area contributed by atoms with Crippen molar-refractivity contribution >= 4 is 58.1 Å². The van der Waals surface area contributed by atoms with Crippen LogP contribution in [0.2, 0.25) is 15.7 Å². The lowest BCUT2D eigenvalue weighted by Gasteiger charge is -2.29. The number of hydrogen-bond donors (Lipinski definition) is 5. The zero-order valence-corrected chi connectivity index (χ0v) is 21.2. The van der Waals surface area contributed by atoms with E-state index in [-0.39, 0.29) is 55.5 Å². The van der Waals surface area contributed by atoms with Gasteiger partial charge in [-0.05, 0) is 56.8 Å². The fourth-order valence-corrected chi connectivity index (χ4v) is 3.44. The van der Waals surface area contributed by atoms with Gasteiger partial charge in [0.15, 0.2) is 16.7 Å². The van der Waals surface area contributed by atoms with Crippen LogP contribution in [-0.4, -0.2) is 76.5 Å². The molecule has 1 fully saturated rings. The molecule has 1 atom stereocenters. The third kappa shape index (κ3) is 8.92. The van der Waals surface area contributed by atoms with Gasteiger partial charge in [0.05, 0.1) is 18.4 Å². The number of carbonyl (C=O) groups excluding carboxylic acids is 1. The summed E-state index contributed by atoms with van der Waals surface area (Å²) in [7, 11) is 0. The summed E-state index contributed by atoms with van der Waals surface area (Å²) < 4.78 is 5.41. The van der Waals surface area contributed by atoms with Gasteiger partial charge >= 0.3 is 6.09 Å². The molecular formula is C18H25Cl3N8O6. The van der Waals surface area contributed by atoms with Crippen LogP contribution < -0.4 is 15.8 Å². The minimum absolute atomic E-state index is 0.0291. The summed E-state index contributed by atoms with van der Waals surface area (Å²) in [5.74, 6) is 0.163. The number of likely N-dealkylation sites (tertiary alicyclic amines) is 1. The molecule has 0 saturated carbocycles. The second-order valence-electron chi connectivity index (χ2n) is 8.12. The summed E-state index contributed by atoms with van der Waals surface area (Å²) in [5.41, 5.74) is -0.725. The highest BCUT2D eigenvalue weighted by Gasteiger charge is 2.32. The fourth-order valence-electron chi connectivity index (χ4n) is 2.92. The molecule has 5 N–H and O–H groups in total. The molecule has 0 unspecified atom stereocenters. The van der Waals surface area contributed by atoms with Crippen LogP contribution in [0.4, 0.5) is 22.0 Å². The van der Waals surface area contributed by atoms with Crippen LogP contribution in [0.25, 0.3) is 0 Å². The van der Waals surface area contributed by atoms with Gasteiger partial charge in [-0.2, -0.15) is 4.98 Å². The molecule has 2 aromatic heterocycles. The SMILES string of the molecule is CC(C)(C)OC(=O)N1CCC[C@H]1CNc1nc(Cl)ncc1N(O)O.ON(O)c1cnc(Cl)nc1Cl. The number of nitrogens with one attached hydrogen (secondary N) is 1. The number of rotatable bonds is 5. The van der Waals surface area contributed by atoms with Crippen LogP contribution in [-0.2, 0) is 4.74 Å². The van der Waals surface area contributed by atoms with E-state index in [0.717, 1.165) is 19.0 Å². The van der Waals surface area contributed by atoms with E-state index in [9.17, 15) is 15.2 Å². The topological polar surface area (TPSA) is 181 Å². The van der Waals surface area contributed by atoms with Gasteiger partial charge in [-0.1, -0.05) is 11.6 Å². The highest BCUT2D eigenvalue weighted by Crippen LogP contribution is 2.25. The summed E-state index contributed by atoms with van der Waals surface area (Å²) in [6, 6.07) is -0.0905. The molecule has 0 aromatic carbocycles. The van der Waals surface area contributed by atoms with Crippen molar-refractivity contribution in [1.29, 1.82) is 0 Å². The van der Waals surface area contributed by atoms with Crippen molar-refractivity contribution in [2.45, 2.75) is 45.3 Å². The molecule has 0 radical (unpaired) electrons. The Bertz CT molecular complexity index is 1010. The van der Waals surface area contributed by atoms with Gasteiger partial charge in [0.1, 0.15) is 11.3 Å². The lowest BCUT2D eigenvalue weighted by atomic mass is 10.2. The molecule has 0 aliphatic carbocycles. The molecule has 194 valence electrons. The molecule has 14 nitrogen and oxygen atoms in total. The Morgan fingerprint density at radius 2 is 1.66 bits per heavy atom. The van der Waals surface area contributed by atoms with Crippen LogP contribution in [0.15, 0.2) is 12.4 Å². The lowest BCUT2D eigenvalue weighted by Crippen LogP contribution is -2.42. The first-order valence-corrected chi connectivity index (χ1v) is 11.2. The predicted octanol–water partition coefficient (Wildman–Crippen LogP) is 3.89. The summed E-state index contributed by atoms with van der Waals surface area (Å²) in [5, 5.41) is 37.8. The average Bonchev–Trinajstić information content (AvgIpc) is 3.20. The van der Waals surface area contributed by atoms with E-state index < -0.39 is 5.60 Å². The van der Waals surface area contributed by atoms with Crippen LogP contribution in [0.3, 0.4) is 0 Å². The number of hydrogen-bond acceptors (Lipinski definition) is 13. The van der Waals surface area contributed by atoms with Gasteiger partial charge in [-0.25, -0.2) is 19.7 Å². The molecule has 3 heterocycles. The summed E-state index contributed by atoms with van der Waals surface area (Å²) in [6.45, 7) is 6.44.